The van der Waals surface area contributed by atoms with Gasteiger partial charge in [-0.25, -0.2) is 4.39 Å². The zero-order valence-electron chi connectivity index (χ0n) is 16.2. The van der Waals surface area contributed by atoms with Crippen molar-refractivity contribution in [2.45, 2.75) is 6.42 Å². The van der Waals surface area contributed by atoms with Crippen LogP contribution in [-0.4, -0.2) is 22.0 Å². The Hall–Kier alpha value is -4.33. The maximum Gasteiger partial charge on any atom is 0.277 e. The highest BCUT2D eigenvalue weighted by Crippen LogP contribution is 2.22. The molecule has 0 aliphatic rings. The lowest BCUT2D eigenvalue weighted by Crippen LogP contribution is -2.16. The molecule has 0 saturated carbocycles. The number of anilines is 2. The molecule has 0 saturated heterocycles. The van der Waals surface area contributed by atoms with Crippen molar-refractivity contribution in [1.82, 2.24) is 10.1 Å². The molecule has 154 valence electrons. The number of hydrogen-bond donors (Lipinski definition) is 2. The largest absolute Gasteiger partial charge is 0.355 e. The lowest BCUT2D eigenvalue weighted by molar-refractivity contribution is -0.115. The molecule has 0 bridgehead atoms. The van der Waals surface area contributed by atoms with E-state index in [-0.39, 0.29) is 23.7 Å². The molecule has 7 nitrogen and oxygen atoms in total. The molecule has 31 heavy (non-hydrogen) atoms. The van der Waals surface area contributed by atoms with Gasteiger partial charge in [0.15, 0.2) is 11.5 Å². The molecule has 0 aliphatic carbocycles. The van der Waals surface area contributed by atoms with Crippen LogP contribution >= 0.6 is 0 Å². The minimum atomic E-state index is -0.610. The van der Waals surface area contributed by atoms with E-state index in [0.717, 1.165) is 11.1 Å². The molecule has 0 fully saturated rings. The van der Waals surface area contributed by atoms with Crippen LogP contribution in [0.3, 0.4) is 0 Å². The van der Waals surface area contributed by atoms with E-state index in [9.17, 15) is 14.0 Å². The Morgan fingerprint density at radius 2 is 1.71 bits per heavy atom. The molecule has 4 rings (SSSR count). The third kappa shape index (κ3) is 4.99. The van der Waals surface area contributed by atoms with Gasteiger partial charge in [0.25, 0.3) is 5.91 Å². The summed E-state index contributed by atoms with van der Waals surface area (Å²) in [4.78, 5) is 28.7. The smallest absolute Gasteiger partial charge is 0.277 e. The Morgan fingerprint density at radius 3 is 2.48 bits per heavy atom. The molecule has 2 amide bonds. The minimum Gasteiger partial charge on any atom is -0.355 e. The van der Waals surface area contributed by atoms with Crippen LogP contribution in [0.2, 0.25) is 0 Å². The fourth-order valence-electron chi connectivity index (χ4n) is 2.90. The Bertz CT molecular complexity index is 1210. The average Bonchev–Trinajstić information content (AvgIpc) is 3.28. The quantitative estimate of drug-likeness (QED) is 0.488. The average molecular weight is 416 g/mol. The van der Waals surface area contributed by atoms with E-state index >= 15 is 0 Å². The minimum absolute atomic E-state index is 0.0311. The third-order valence-corrected chi connectivity index (χ3v) is 4.41. The van der Waals surface area contributed by atoms with E-state index in [2.05, 4.69) is 20.8 Å². The summed E-state index contributed by atoms with van der Waals surface area (Å²) >= 11 is 0. The van der Waals surface area contributed by atoms with Gasteiger partial charge in [-0.2, -0.15) is 0 Å². The summed E-state index contributed by atoms with van der Waals surface area (Å²) in [6, 6.07) is 18.0. The molecule has 2 heterocycles. The molecular weight excluding hydrogens is 399 g/mol. The molecule has 2 aromatic carbocycles. The summed E-state index contributed by atoms with van der Waals surface area (Å²) in [6.07, 6.45) is 3.31. The number of halogens is 1. The van der Waals surface area contributed by atoms with Gasteiger partial charge in [0, 0.05) is 29.7 Å². The zero-order chi connectivity index (χ0) is 21.6. The molecule has 4 aromatic rings. The lowest BCUT2D eigenvalue weighted by atomic mass is 10.1. The second kappa shape index (κ2) is 9.00. The maximum absolute atomic E-state index is 14.2. The number of rotatable bonds is 6. The first-order chi connectivity index (χ1) is 15.1. The van der Waals surface area contributed by atoms with E-state index in [1.807, 2.05) is 30.3 Å². The van der Waals surface area contributed by atoms with Crippen molar-refractivity contribution >= 4 is 23.2 Å². The number of benzene rings is 2. The van der Waals surface area contributed by atoms with Crippen LogP contribution < -0.4 is 10.6 Å². The number of pyridine rings is 1. The van der Waals surface area contributed by atoms with Crippen molar-refractivity contribution in [3.05, 3.63) is 96.2 Å². The zero-order valence-corrected chi connectivity index (χ0v) is 16.2. The SMILES string of the molecule is O=C(Cc1ccccc1)Nc1cc(NC(=O)c2cc(-c3ccncc3)on2)ccc1F. The Kier molecular flexibility index (Phi) is 5.79. The molecular formula is C23H17FN4O3. The number of nitrogens with one attached hydrogen (secondary N) is 2. The van der Waals surface area contributed by atoms with E-state index in [1.165, 1.54) is 24.3 Å². The van der Waals surface area contributed by atoms with Crippen LogP contribution in [0.4, 0.5) is 15.8 Å². The highest BCUT2D eigenvalue weighted by Gasteiger charge is 2.15. The van der Waals surface area contributed by atoms with E-state index < -0.39 is 11.7 Å². The number of amides is 2. The van der Waals surface area contributed by atoms with Gasteiger partial charge in [-0.3, -0.25) is 14.6 Å². The van der Waals surface area contributed by atoms with Gasteiger partial charge in [0.2, 0.25) is 5.91 Å². The second-order valence-corrected chi connectivity index (χ2v) is 6.67. The predicted molar refractivity (Wildman–Crippen MR) is 113 cm³/mol. The standard InChI is InChI=1S/C23H17FN4O3/c24-18-7-6-17(13-19(18)27-22(29)12-15-4-2-1-3-5-15)26-23(30)20-14-21(31-28-20)16-8-10-25-11-9-16/h1-11,13-14H,12H2,(H,26,30)(H,27,29). The summed E-state index contributed by atoms with van der Waals surface area (Å²) in [7, 11) is 0. The van der Waals surface area contributed by atoms with Crippen molar-refractivity contribution in [2.24, 2.45) is 0 Å². The van der Waals surface area contributed by atoms with Crippen LogP contribution in [0.15, 0.2) is 83.6 Å². The van der Waals surface area contributed by atoms with Gasteiger partial charge in [-0.1, -0.05) is 35.5 Å². The van der Waals surface area contributed by atoms with Gasteiger partial charge < -0.3 is 15.2 Å². The number of carbonyl (C=O) groups is 2. The molecule has 2 N–H and O–H groups in total. The number of carbonyl (C=O) groups excluding carboxylic acids is 2. The topological polar surface area (TPSA) is 97.1 Å². The van der Waals surface area contributed by atoms with Crippen LogP contribution in [0.25, 0.3) is 11.3 Å². The number of aromatic nitrogens is 2. The molecule has 0 spiro atoms. The summed E-state index contributed by atoms with van der Waals surface area (Å²) in [5, 5.41) is 8.93. The second-order valence-electron chi connectivity index (χ2n) is 6.67. The van der Waals surface area contributed by atoms with Crippen molar-refractivity contribution in [3.63, 3.8) is 0 Å². The maximum atomic E-state index is 14.2. The Labute approximate surface area is 176 Å². The van der Waals surface area contributed by atoms with Gasteiger partial charge >= 0.3 is 0 Å². The highest BCUT2D eigenvalue weighted by molar-refractivity contribution is 6.03. The lowest BCUT2D eigenvalue weighted by Gasteiger charge is -2.09. The van der Waals surface area contributed by atoms with Gasteiger partial charge in [0.1, 0.15) is 5.82 Å². The van der Waals surface area contributed by atoms with Crippen molar-refractivity contribution in [1.29, 1.82) is 0 Å². The van der Waals surface area contributed by atoms with E-state index in [1.54, 1.807) is 24.5 Å². The van der Waals surface area contributed by atoms with Gasteiger partial charge in [-0.05, 0) is 35.9 Å². The first-order valence-electron chi connectivity index (χ1n) is 9.40. The molecule has 8 heteroatoms. The number of nitrogens with zero attached hydrogens (tertiary/aromatic N) is 2. The van der Waals surface area contributed by atoms with E-state index in [0.29, 0.717) is 11.4 Å². The predicted octanol–water partition coefficient (Wildman–Crippen LogP) is 4.31. The molecule has 0 unspecified atom stereocenters. The fourth-order valence-corrected chi connectivity index (χ4v) is 2.90. The molecule has 0 radical (unpaired) electrons. The van der Waals surface area contributed by atoms with Crippen molar-refractivity contribution < 1.29 is 18.5 Å². The van der Waals surface area contributed by atoms with Gasteiger partial charge in [-0.15, -0.1) is 0 Å². The van der Waals surface area contributed by atoms with Gasteiger partial charge in [0.05, 0.1) is 12.1 Å². The Morgan fingerprint density at radius 1 is 0.935 bits per heavy atom. The summed E-state index contributed by atoms with van der Waals surface area (Å²) < 4.78 is 19.4. The van der Waals surface area contributed by atoms with Crippen LogP contribution in [0.1, 0.15) is 16.1 Å². The first-order valence-corrected chi connectivity index (χ1v) is 9.40. The molecule has 0 aliphatic heterocycles. The van der Waals surface area contributed by atoms with Crippen LogP contribution in [0.5, 0.6) is 0 Å². The van der Waals surface area contributed by atoms with Crippen LogP contribution in [-0.2, 0) is 11.2 Å². The van der Waals surface area contributed by atoms with Crippen molar-refractivity contribution in [3.8, 4) is 11.3 Å². The third-order valence-electron chi connectivity index (χ3n) is 4.41. The first kappa shape index (κ1) is 20.0. The van der Waals surface area contributed by atoms with Crippen LogP contribution in [0, 0.1) is 5.82 Å². The summed E-state index contributed by atoms with van der Waals surface area (Å²) in [5.41, 5.74) is 1.87. The molecule has 0 atom stereocenters. The molecule has 2 aromatic heterocycles. The monoisotopic (exact) mass is 416 g/mol. The highest BCUT2D eigenvalue weighted by atomic mass is 19.1. The van der Waals surface area contributed by atoms with E-state index in [4.69, 9.17) is 4.52 Å². The Balaban J connectivity index is 1.44. The summed E-state index contributed by atoms with van der Waals surface area (Å²) in [5.74, 6) is -1.09. The normalized spacial score (nSPS) is 10.5. The van der Waals surface area contributed by atoms with Crippen molar-refractivity contribution in [2.75, 3.05) is 10.6 Å². The summed E-state index contributed by atoms with van der Waals surface area (Å²) in [6.45, 7) is 0. The fraction of sp³-hybridized carbons (Fsp3) is 0.0435. The number of hydrogen-bond acceptors (Lipinski definition) is 5.